The van der Waals surface area contributed by atoms with Gasteiger partial charge in [-0.2, -0.15) is 0 Å². The molecule has 1 heterocycles. The Morgan fingerprint density at radius 1 is 1.32 bits per heavy atom. The van der Waals surface area contributed by atoms with Crippen LogP contribution in [0.1, 0.15) is 34.2 Å². The third-order valence-electron chi connectivity index (χ3n) is 3.73. The average molecular weight is 255 g/mol. The van der Waals surface area contributed by atoms with E-state index >= 15 is 0 Å². The van der Waals surface area contributed by atoms with E-state index in [-0.39, 0.29) is 5.97 Å². The summed E-state index contributed by atoms with van der Waals surface area (Å²) in [5.41, 5.74) is 6.43. The van der Waals surface area contributed by atoms with Gasteiger partial charge in [0.15, 0.2) is 0 Å². The predicted octanol–water partition coefficient (Wildman–Crippen LogP) is 3.27. The summed E-state index contributed by atoms with van der Waals surface area (Å²) < 4.78 is 5.15. The normalized spacial score (nSPS) is 12.7. The molecular weight excluding hydrogens is 238 g/mol. The van der Waals surface area contributed by atoms with E-state index in [0.717, 1.165) is 29.7 Å². The highest BCUT2D eigenvalue weighted by atomic mass is 16.5. The molecule has 0 unspecified atom stereocenters. The highest BCUT2D eigenvalue weighted by Crippen LogP contribution is 2.37. The first-order valence-corrected chi connectivity index (χ1v) is 6.69. The van der Waals surface area contributed by atoms with Gasteiger partial charge in [-0.1, -0.05) is 24.3 Å². The summed E-state index contributed by atoms with van der Waals surface area (Å²) in [7, 11) is 0. The molecule has 1 aliphatic rings. The molecule has 0 radical (unpaired) electrons. The Morgan fingerprint density at radius 2 is 2.11 bits per heavy atom. The number of nitrogens with one attached hydrogen (secondary N) is 1. The smallest absolute Gasteiger partial charge is 0.355 e. The predicted molar refractivity (Wildman–Crippen MR) is 74.3 cm³/mol. The van der Waals surface area contributed by atoms with E-state index in [2.05, 4.69) is 17.1 Å². The summed E-state index contributed by atoms with van der Waals surface area (Å²) in [4.78, 5) is 15.3. The molecule has 1 aromatic carbocycles. The van der Waals surface area contributed by atoms with Crippen LogP contribution in [0.3, 0.4) is 0 Å². The van der Waals surface area contributed by atoms with Crippen LogP contribution >= 0.6 is 0 Å². The Hall–Kier alpha value is -2.03. The molecule has 0 atom stereocenters. The monoisotopic (exact) mass is 255 g/mol. The van der Waals surface area contributed by atoms with Gasteiger partial charge >= 0.3 is 5.97 Å². The second kappa shape index (κ2) is 4.57. The summed E-state index contributed by atoms with van der Waals surface area (Å²) in [6.07, 6.45) is 2.01. The fourth-order valence-corrected chi connectivity index (χ4v) is 2.87. The average Bonchev–Trinajstić information content (AvgIpc) is 2.77. The number of ether oxygens (including phenoxy) is 1. The van der Waals surface area contributed by atoms with Gasteiger partial charge in [0, 0.05) is 11.3 Å². The van der Waals surface area contributed by atoms with Crippen LogP contribution in [0.2, 0.25) is 0 Å². The van der Waals surface area contributed by atoms with E-state index in [1.54, 1.807) is 0 Å². The second-order valence-electron chi connectivity index (χ2n) is 4.86. The maximum absolute atomic E-state index is 12.1. The summed E-state index contributed by atoms with van der Waals surface area (Å²) in [6, 6.07) is 8.29. The van der Waals surface area contributed by atoms with Crippen LogP contribution in [-0.4, -0.2) is 17.6 Å². The fraction of sp³-hybridized carbons (Fsp3) is 0.312. The number of hydrogen-bond acceptors (Lipinski definition) is 2. The number of fused-ring (bicyclic) bond motifs is 3. The highest BCUT2D eigenvalue weighted by Gasteiger charge is 2.26. The zero-order valence-electron chi connectivity index (χ0n) is 11.2. The molecular formula is C16H17NO2. The molecule has 0 bridgehead atoms. The molecule has 0 spiro atoms. The molecule has 3 rings (SSSR count). The largest absolute Gasteiger partial charge is 0.461 e. The van der Waals surface area contributed by atoms with Crippen LogP contribution in [0, 0.1) is 6.92 Å². The van der Waals surface area contributed by atoms with Gasteiger partial charge in [-0.3, -0.25) is 0 Å². The van der Waals surface area contributed by atoms with Crippen molar-refractivity contribution in [2.24, 2.45) is 0 Å². The Kier molecular flexibility index (Phi) is 2.90. The van der Waals surface area contributed by atoms with Gasteiger partial charge in [0.2, 0.25) is 0 Å². The SMILES string of the molecule is CCOC(=O)c1[nH]c(C)c2c1-c1ccccc1CC2. The van der Waals surface area contributed by atoms with Crippen molar-refractivity contribution in [1.82, 2.24) is 4.98 Å². The lowest BCUT2D eigenvalue weighted by Gasteiger charge is -2.17. The second-order valence-corrected chi connectivity index (χ2v) is 4.86. The number of hydrogen-bond donors (Lipinski definition) is 1. The van der Waals surface area contributed by atoms with Gasteiger partial charge in [0.1, 0.15) is 5.69 Å². The van der Waals surface area contributed by atoms with Crippen molar-refractivity contribution < 1.29 is 9.53 Å². The molecule has 0 amide bonds. The Bertz CT molecular complexity index is 640. The number of aromatic nitrogens is 1. The van der Waals surface area contributed by atoms with Crippen molar-refractivity contribution in [3.8, 4) is 11.1 Å². The minimum Gasteiger partial charge on any atom is -0.461 e. The van der Waals surface area contributed by atoms with Crippen molar-refractivity contribution in [2.75, 3.05) is 6.61 Å². The lowest BCUT2D eigenvalue weighted by molar-refractivity contribution is 0.0521. The topological polar surface area (TPSA) is 42.1 Å². The van der Waals surface area contributed by atoms with E-state index in [9.17, 15) is 4.79 Å². The number of carbonyl (C=O) groups is 1. The van der Waals surface area contributed by atoms with E-state index < -0.39 is 0 Å². The summed E-state index contributed by atoms with van der Waals surface area (Å²) in [5, 5.41) is 0. The molecule has 0 aliphatic heterocycles. The molecule has 0 saturated carbocycles. The molecule has 1 aromatic heterocycles. The van der Waals surface area contributed by atoms with E-state index in [0.29, 0.717) is 12.3 Å². The van der Waals surface area contributed by atoms with Crippen LogP contribution in [0.4, 0.5) is 0 Å². The number of carbonyl (C=O) groups excluding carboxylic acids is 1. The number of esters is 1. The molecule has 2 aromatic rings. The van der Waals surface area contributed by atoms with Gasteiger partial charge in [-0.25, -0.2) is 4.79 Å². The Labute approximate surface area is 112 Å². The quantitative estimate of drug-likeness (QED) is 0.837. The van der Waals surface area contributed by atoms with Crippen LogP contribution in [-0.2, 0) is 17.6 Å². The van der Waals surface area contributed by atoms with Gasteiger partial charge in [0.05, 0.1) is 6.61 Å². The highest BCUT2D eigenvalue weighted by molar-refractivity contribution is 5.98. The summed E-state index contributed by atoms with van der Waals surface area (Å²) in [5.74, 6) is -0.261. The summed E-state index contributed by atoms with van der Waals surface area (Å²) >= 11 is 0. The van der Waals surface area contributed by atoms with Crippen molar-refractivity contribution in [2.45, 2.75) is 26.7 Å². The molecule has 0 saturated heterocycles. The third-order valence-corrected chi connectivity index (χ3v) is 3.73. The molecule has 3 heteroatoms. The Morgan fingerprint density at radius 3 is 2.89 bits per heavy atom. The van der Waals surface area contributed by atoms with Crippen molar-refractivity contribution in [3.05, 3.63) is 46.8 Å². The third kappa shape index (κ3) is 1.86. The van der Waals surface area contributed by atoms with Gasteiger partial charge in [0.25, 0.3) is 0 Å². The van der Waals surface area contributed by atoms with Crippen LogP contribution in [0.25, 0.3) is 11.1 Å². The lowest BCUT2D eigenvalue weighted by Crippen LogP contribution is -2.09. The molecule has 19 heavy (non-hydrogen) atoms. The molecule has 0 fully saturated rings. The van der Waals surface area contributed by atoms with Crippen molar-refractivity contribution in [1.29, 1.82) is 0 Å². The number of aromatic amines is 1. The fourth-order valence-electron chi connectivity index (χ4n) is 2.87. The van der Waals surface area contributed by atoms with Gasteiger partial charge in [-0.15, -0.1) is 0 Å². The van der Waals surface area contributed by atoms with Gasteiger partial charge in [-0.05, 0) is 43.4 Å². The first-order valence-electron chi connectivity index (χ1n) is 6.69. The lowest BCUT2D eigenvalue weighted by atomic mass is 9.86. The zero-order valence-corrected chi connectivity index (χ0v) is 11.2. The molecule has 3 nitrogen and oxygen atoms in total. The first kappa shape index (κ1) is 12.0. The van der Waals surface area contributed by atoms with Crippen LogP contribution < -0.4 is 0 Å². The number of aryl methyl sites for hydroxylation is 2. The number of benzene rings is 1. The summed E-state index contributed by atoms with van der Waals surface area (Å²) in [6.45, 7) is 4.25. The minimum absolute atomic E-state index is 0.261. The maximum atomic E-state index is 12.1. The molecule has 1 aliphatic carbocycles. The molecule has 1 N–H and O–H groups in total. The van der Waals surface area contributed by atoms with Gasteiger partial charge < -0.3 is 9.72 Å². The van der Waals surface area contributed by atoms with E-state index in [4.69, 9.17) is 4.74 Å². The molecule has 98 valence electrons. The first-order chi connectivity index (χ1) is 9.22. The zero-order chi connectivity index (χ0) is 13.4. The van der Waals surface area contributed by atoms with E-state index in [1.807, 2.05) is 26.0 Å². The van der Waals surface area contributed by atoms with Crippen LogP contribution in [0.5, 0.6) is 0 Å². The Balaban J connectivity index is 2.19. The number of rotatable bonds is 2. The minimum atomic E-state index is -0.261. The van der Waals surface area contributed by atoms with Crippen molar-refractivity contribution in [3.63, 3.8) is 0 Å². The maximum Gasteiger partial charge on any atom is 0.355 e. The van der Waals surface area contributed by atoms with Crippen LogP contribution in [0.15, 0.2) is 24.3 Å². The van der Waals surface area contributed by atoms with E-state index in [1.165, 1.54) is 11.1 Å². The standard InChI is InChI=1S/C16H17NO2/c1-3-19-16(18)15-14-12(10(2)17-15)9-8-11-6-4-5-7-13(11)14/h4-7,17H,3,8-9H2,1-2H3. The van der Waals surface area contributed by atoms with Crippen molar-refractivity contribution >= 4 is 5.97 Å². The number of H-pyrrole nitrogens is 1.